The van der Waals surface area contributed by atoms with Gasteiger partial charge in [0.05, 0.1) is 5.56 Å². The van der Waals surface area contributed by atoms with Gasteiger partial charge in [-0.2, -0.15) is 0 Å². The van der Waals surface area contributed by atoms with Crippen LogP contribution in [0.4, 0.5) is 5.69 Å². The molecule has 2 aliphatic heterocycles. The van der Waals surface area contributed by atoms with E-state index < -0.39 is 0 Å². The van der Waals surface area contributed by atoms with Gasteiger partial charge in [0.15, 0.2) is 5.75 Å². The van der Waals surface area contributed by atoms with Gasteiger partial charge in [0.1, 0.15) is 17.3 Å². The molecule has 1 fully saturated rings. The van der Waals surface area contributed by atoms with Crippen molar-refractivity contribution >= 4 is 11.5 Å². The number of rotatable bonds is 0. The van der Waals surface area contributed by atoms with Gasteiger partial charge in [0, 0.05) is 19.6 Å². The number of nitrogens with zero attached hydrogens (tertiary/aromatic N) is 2. The Bertz CT molecular complexity index is 718. The van der Waals surface area contributed by atoms with E-state index in [-0.39, 0.29) is 0 Å². The van der Waals surface area contributed by atoms with Crippen LogP contribution in [0.15, 0.2) is 53.5 Å². The minimum atomic E-state index is 0.820. The predicted octanol–water partition coefficient (Wildman–Crippen LogP) is 3.56. The van der Waals surface area contributed by atoms with Gasteiger partial charge in [-0.1, -0.05) is 24.3 Å². The first-order chi connectivity index (χ1) is 11.4. The summed E-state index contributed by atoms with van der Waals surface area (Å²) < 4.78 is 6.12. The van der Waals surface area contributed by atoms with Crippen LogP contribution >= 0.6 is 0 Å². The van der Waals surface area contributed by atoms with E-state index >= 15 is 0 Å². The second kappa shape index (κ2) is 6.42. The summed E-state index contributed by atoms with van der Waals surface area (Å²) in [7, 11) is 0. The Morgan fingerprint density at radius 1 is 0.870 bits per heavy atom. The van der Waals surface area contributed by atoms with Crippen molar-refractivity contribution in [2.24, 2.45) is 4.99 Å². The molecule has 4 rings (SSSR count). The van der Waals surface area contributed by atoms with Crippen molar-refractivity contribution in [1.82, 2.24) is 10.2 Å². The fraction of sp³-hybridized carbons (Fsp3) is 0.316. The lowest BCUT2D eigenvalue weighted by Gasteiger charge is -2.28. The van der Waals surface area contributed by atoms with Crippen LogP contribution < -0.4 is 10.1 Å². The Labute approximate surface area is 136 Å². The summed E-state index contributed by atoms with van der Waals surface area (Å²) in [5.74, 6) is 2.72. The molecule has 0 amide bonds. The molecule has 2 heterocycles. The molecule has 4 heteroatoms. The summed E-state index contributed by atoms with van der Waals surface area (Å²) in [6, 6.07) is 16.2. The smallest absolute Gasteiger partial charge is 0.153 e. The molecule has 118 valence electrons. The number of fused-ring (bicyclic) bond motifs is 2. The Morgan fingerprint density at radius 2 is 1.70 bits per heavy atom. The fourth-order valence-electron chi connectivity index (χ4n) is 3.13. The van der Waals surface area contributed by atoms with Crippen LogP contribution in [0.2, 0.25) is 0 Å². The largest absolute Gasteiger partial charge is 0.454 e. The fourth-order valence-corrected chi connectivity index (χ4v) is 3.13. The molecule has 0 atom stereocenters. The first-order valence-electron chi connectivity index (χ1n) is 8.32. The molecule has 2 aromatic rings. The highest BCUT2D eigenvalue weighted by Gasteiger charge is 2.22. The molecule has 0 radical (unpaired) electrons. The average molecular weight is 307 g/mol. The predicted molar refractivity (Wildman–Crippen MR) is 92.8 cm³/mol. The van der Waals surface area contributed by atoms with Crippen molar-refractivity contribution in [3.05, 3.63) is 54.1 Å². The molecule has 4 nitrogen and oxygen atoms in total. The van der Waals surface area contributed by atoms with Gasteiger partial charge in [-0.05, 0) is 43.7 Å². The normalized spacial score (nSPS) is 17.7. The van der Waals surface area contributed by atoms with Crippen molar-refractivity contribution in [3.63, 3.8) is 0 Å². The second-order valence-corrected chi connectivity index (χ2v) is 5.95. The van der Waals surface area contributed by atoms with Crippen LogP contribution in [-0.4, -0.2) is 36.9 Å². The van der Waals surface area contributed by atoms with E-state index in [4.69, 9.17) is 9.73 Å². The summed E-state index contributed by atoms with van der Waals surface area (Å²) >= 11 is 0. The van der Waals surface area contributed by atoms with E-state index in [0.29, 0.717) is 0 Å². The summed E-state index contributed by atoms with van der Waals surface area (Å²) in [5, 5.41) is 3.49. The van der Waals surface area contributed by atoms with E-state index in [1.807, 2.05) is 36.4 Å². The van der Waals surface area contributed by atoms with Crippen LogP contribution in [0.3, 0.4) is 0 Å². The molecule has 1 saturated heterocycles. The molecule has 0 bridgehead atoms. The van der Waals surface area contributed by atoms with Crippen molar-refractivity contribution in [2.75, 3.05) is 26.2 Å². The standard InChI is InChI=1S/C19H21N3O/c1-3-9-17-15(7-1)19(22-13-6-5-11-20-12-14-22)21-16-8-2-4-10-18(16)23-17/h1-4,7-10,20H,5-6,11-14H2. The topological polar surface area (TPSA) is 36.9 Å². The van der Waals surface area contributed by atoms with E-state index in [1.165, 1.54) is 12.8 Å². The van der Waals surface area contributed by atoms with Crippen molar-refractivity contribution in [1.29, 1.82) is 0 Å². The number of hydrogen-bond acceptors (Lipinski definition) is 4. The lowest BCUT2D eigenvalue weighted by atomic mass is 10.1. The Hall–Kier alpha value is -2.33. The van der Waals surface area contributed by atoms with Gasteiger partial charge in [0.25, 0.3) is 0 Å². The van der Waals surface area contributed by atoms with Crippen molar-refractivity contribution in [3.8, 4) is 11.5 Å². The Morgan fingerprint density at radius 3 is 2.65 bits per heavy atom. The Kier molecular flexibility index (Phi) is 3.99. The molecule has 2 aliphatic rings. The molecule has 1 N–H and O–H groups in total. The number of aliphatic imine (C=N–C) groups is 1. The minimum Gasteiger partial charge on any atom is -0.454 e. The highest BCUT2D eigenvalue weighted by atomic mass is 16.5. The maximum atomic E-state index is 6.12. The molecular weight excluding hydrogens is 286 g/mol. The zero-order chi connectivity index (χ0) is 15.5. The quantitative estimate of drug-likeness (QED) is 0.808. The summed E-state index contributed by atoms with van der Waals surface area (Å²) in [4.78, 5) is 7.35. The third kappa shape index (κ3) is 2.94. The van der Waals surface area contributed by atoms with Gasteiger partial charge in [-0.3, -0.25) is 0 Å². The number of ether oxygens (including phenoxy) is 1. The van der Waals surface area contributed by atoms with Crippen LogP contribution in [0.5, 0.6) is 11.5 Å². The molecule has 0 spiro atoms. The molecule has 0 aliphatic carbocycles. The van der Waals surface area contributed by atoms with Crippen LogP contribution in [0, 0.1) is 0 Å². The number of benzene rings is 2. The van der Waals surface area contributed by atoms with E-state index in [0.717, 1.165) is 54.8 Å². The molecule has 0 unspecified atom stereocenters. The van der Waals surface area contributed by atoms with Crippen molar-refractivity contribution in [2.45, 2.75) is 12.8 Å². The average Bonchev–Trinajstić information content (AvgIpc) is 2.71. The third-order valence-electron chi connectivity index (χ3n) is 4.33. The first-order valence-corrected chi connectivity index (χ1v) is 8.32. The molecule has 2 aromatic carbocycles. The summed E-state index contributed by atoms with van der Waals surface area (Å²) in [6.45, 7) is 4.11. The second-order valence-electron chi connectivity index (χ2n) is 5.95. The molecular formula is C19H21N3O. The molecule has 23 heavy (non-hydrogen) atoms. The summed E-state index contributed by atoms with van der Waals surface area (Å²) in [6.07, 6.45) is 2.38. The van der Waals surface area contributed by atoms with Crippen molar-refractivity contribution < 1.29 is 4.74 Å². The van der Waals surface area contributed by atoms with Gasteiger partial charge < -0.3 is 15.0 Å². The highest BCUT2D eigenvalue weighted by Crippen LogP contribution is 2.37. The van der Waals surface area contributed by atoms with Gasteiger partial charge in [-0.15, -0.1) is 0 Å². The zero-order valence-electron chi connectivity index (χ0n) is 13.2. The molecule has 0 saturated carbocycles. The number of amidine groups is 1. The van der Waals surface area contributed by atoms with Gasteiger partial charge >= 0.3 is 0 Å². The van der Waals surface area contributed by atoms with Gasteiger partial charge in [-0.25, -0.2) is 4.99 Å². The lowest BCUT2D eigenvalue weighted by molar-refractivity contribution is 0.372. The van der Waals surface area contributed by atoms with Crippen LogP contribution in [0.25, 0.3) is 0 Å². The van der Waals surface area contributed by atoms with E-state index in [1.54, 1.807) is 0 Å². The maximum Gasteiger partial charge on any atom is 0.153 e. The molecule has 0 aromatic heterocycles. The Balaban J connectivity index is 1.80. The maximum absolute atomic E-state index is 6.12. The van der Waals surface area contributed by atoms with E-state index in [2.05, 4.69) is 22.3 Å². The zero-order valence-corrected chi connectivity index (χ0v) is 13.2. The number of hydrogen-bond donors (Lipinski definition) is 1. The van der Waals surface area contributed by atoms with E-state index in [9.17, 15) is 0 Å². The number of nitrogens with one attached hydrogen (secondary N) is 1. The van der Waals surface area contributed by atoms with Gasteiger partial charge in [0.2, 0.25) is 0 Å². The number of para-hydroxylation sites is 3. The summed E-state index contributed by atoms with van der Waals surface area (Å²) in [5.41, 5.74) is 1.97. The monoisotopic (exact) mass is 307 g/mol. The highest BCUT2D eigenvalue weighted by molar-refractivity contribution is 6.03. The minimum absolute atomic E-state index is 0.820. The lowest BCUT2D eigenvalue weighted by Crippen LogP contribution is -2.40. The van der Waals surface area contributed by atoms with Crippen LogP contribution in [0.1, 0.15) is 18.4 Å². The third-order valence-corrected chi connectivity index (χ3v) is 4.33. The SMILES string of the molecule is c1ccc2c(c1)N=C(N1CCCCNCC1)c1ccccc1O2. The van der Waals surface area contributed by atoms with Crippen LogP contribution in [-0.2, 0) is 0 Å². The first kappa shape index (κ1) is 14.3.